The maximum absolute atomic E-state index is 13.8. The van der Waals surface area contributed by atoms with Crippen molar-refractivity contribution in [2.75, 3.05) is 5.32 Å². The lowest BCUT2D eigenvalue weighted by molar-refractivity contribution is -0.156. The zero-order valence-electron chi connectivity index (χ0n) is 19.3. The summed E-state index contributed by atoms with van der Waals surface area (Å²) in [5.41, 5.74) is -0.759. The summed E-state index contributed by atoms with van der Waals surface area (Å²) < 4.78 is 69.7. The molecule has 2 amide bonds. The van der Waals surface area contributed by atoms with E-state index in [1.807, 2.05) is 0 Å². The number of aromatic amines is 1. The molecular weight excluding hydrogens is 503 g/mol. The van der Waals surface area contributed by atoms with Crippen molar-refractivity contribution in [2.24, 2.45) is 0 Å². The normalized spacial score (nSPS) is 18.1. The fourth-order valence-corrected chi connectivity index (χ4v) is 5.26. The number of alkyl halides is 2. The quantitative estimate of drug-likeness (QED) is 0.292. The molecule has 1 saturated carbocycles. The summed E-state index contributed by atoms with van der Waals surface area (Å²) in [7, 11) is 0. The molecule has 37 heavy (non-hydrogen) atoms. The van der Waals surface area contributed by atoms with E-state index in [1.165, 1.54) is 13.1 Å². The van der Waals surface area contributed by atoms with E-state index in [1.54, 1.807) is 4.57 Å². The van der Waals surface area contributed by atoms with Crippen molar-refractivity contribution in [3.05, 3.63) is 64.0 Å². The molecule has 2 aromatic heterocycles. The largest absolute Gasteiger partial charge is 0.377 e. The van der Waals surface area contributed by atoms with Crippen molar-refractivity contribution in [2.45, 2.75) is 56.7 Å². The van der Waals surface area contributed by atoms with Crippen LogP contribution < -0.4 is 10.6 Å². The molecule has 1 aliphatic carbocycles. The lowest BCUT2D eigenvalue weighted by Crippen LogP contribution is -2.60. The Morgan fingerprint density at radius 1 is 1.19 bits per heavy atom. The van der Waals surface area contributed by atoms with Gasteiger partial charge in [-0.05, 0) is 25.3 Å². The minimum absolute atomic E-state index is 0.0900. The second-order valence-corrected chi connectivity index (χ2v) is 9.35. The lowest BCUT2D eigenvalue weighted by Gasteiger charge is -2.46. The van der Waals surface area contributed by atoms with Gasteiger partial charge in [0.05, 0.1) is 28.7 Å². The second kappa shape index (κ2) is 8.64. The molecule has 0 saturated heterocycles. The van der Waals surface area contributed by atoms with Gasteiger partial charge in [0.15, 0.2) is 23.6 Å². The average molecular weight is 524 g/mol. The molecule has 14 heteroatoms. The van der Waals surface area contributed by atoms with E-state index in [4.69, 9.17) is 0 Å². The average Bonchev–Trinajstić information content (AvgIpc) is 3.53. The summed E-state index contributed by atoms with van der Waals surface area (Å²) in [5.74, 6) is -9.40. The number of benzene rings is 1. The Bertz CT molecular complexity index is 1370. The summed E-state index contributed by atoms with van der Waals surface area (Å²) in [4.78, 5) is 26.2. The lowest BCUT2D eigenvalue weighted by atomic mass is 9.71. The summed E-state index contributed by atoms with van der Waals surface area (Å²) in [5, 5.41) is 25.4. The van der Waals surface area contributed by atoms with Gasteiger partial charge in [0, 0.05) is 42.9 Å². The number of fused-ring (bicyclic) bond motifs is 1. The molecule has 196 valence electrons. The number of anilines is 1. The third-order valence-corrected chi connectivity index (χ3v) is 6.85. The molecule has 1 unspecified atom stereocenters. The van der Waals surface area contributed by atoms with Gasteiger partial charge in [-0.3, -0.25) is 14.7 Å². The van der Waals surface area contributed by atoms with E-state index < -0.39 is 59.7 Å². The van der Waals surface area contributed by atoms with Crippen molar-refractivity contribution >= 4 is 17.5 Å². The Balaban J connectivity index is 1.43. The van der Waals surface area contributed by atoms with Crippen molar-refractivity contribution in [3.63, 3.8) is 0 Å². The number of rotatable bonds is 6. The Labute approximate surface area is 206 Å². The van der Waals surface area contributed by atoms with Crippen LogP contribution in [0.1, 0.15) is 58.4 Å². The fraction of sp³-hybridized carbons (Fsp3) is 0.391. The topological polar surface area (TPSA) is 125 Å². The summed E-state index contributed by atoms with van der Waals surface area (Å²) in [6, 6.07) is 1.26. The Hall–Kier alpha value is -3.81. The van der Waals surface area contributed by atoms with Gasteiger partial charge in [0.1, 0.15) is 0 Å². The van der Waals surface area contributed by atoms with Crippen molar-refractivity contribution in [3.8, 4) is 0 Å². The third kappa shape index (κ3) is 4.14. The number of hydrogen-bond acceptors (Lipinski definition) is 5. The van der Waals surface area contributed by atoms with Gasteiger partial charge in [-0.2, -0.15) is 0 Å². The fourth-order valence-electron chi connectivity index (χ4n) is 5.26. The van der Waals surface area contributed by atoms with E-state index in [-0.39, 0.29) is 28.2 Å². The number of amides is 2. The zero-order valence-corrected chi connectivity index (χ0v) is 19.3. The molecule has 0 bridgehead atoms. The van der Waals surface area contributed by atoms with Gasteiger partial charge >= 0.3 is 0 Å². The molecule has 2 aliphatic rings. The maximum atomic E-state index is 13.8. The first kappa shape index (κ1) is 24.9. The van der Waals surface area contributed by atoms with E-state index >= 15 is 0 Å². The van der Waals surface area contributed by atoms with Crippen molar-refractivity contribution < 1.29 is 36.6 Å². The molecule has 5 rings (SSSR count). The standard InChI is InChI=1S/C23H21F5N6O3/c1-10-16(20(36)30-11-5-12(24)17(26)13(25)6-11)14-3-2-4-34(14)18(10)19(35)21(37)31-22(8-23(27,28)9-22)15-7-29-33-32-15/h5-7,19,35H,2-4,8-9H2,1H3,(H,30,36)(H,31,37)(H,29,32,33). The number of halogens is 5. The van der Waals surface area contributed by atoms with Crippen LogP contribution in [0.15, 0.2) is 18.3 Å². The van der Waals surface area contributed by atoms with E-state index in [9.17, 15) is 36.6 Å². The highest BCUT2D eigenvalue weighted by Gasteiger charge is 2.59. The minimum Gasteiger partial charge on any atom is -0.377 e. The highest BCUT2D eigenvalue weighted by molar-refractivity contribution is 6.07. The molecule has 1 fully saturated rings. The smallest absolute Gasteiger partial charge is 0.257 e. The molecule has 1 atom stereocenters. The van der Waals surface area contributed by atoms with Gasteiger partial charge in [0.25, 0.3) is 17.7 Å². The number of nitrogens with zero attached hydrogens (tertiary/aromatic N) is 3. The third-order valence-electron chi connectivity index (χ3n) is 6.85. The maximum Gasteiger partial charge on any atom is 0.257 e. The predicted molar refractivity (Wildman–Crippen MR) is 117 cm³/mol. The second-order valence-electron chi connectivity index (χ2n) is 9.35. The van der Waals surface area contributed by atoms with Crippen LogP contribution in [0, 0.1) is 24.4 Å². The molecule has 3 heterocycles. The molecule has 9 nitrogen and oxygen atoms in total. The highest BCUT2D eigenvalue weighted by Crippen LogP contribution is 2.51. The van der Waals surface area contributed by atoms with Crippen LogP contribution in [0.2, 0.25) is 0 Å². The van der Waals surface area contributed by atoms with Crippen LogP contribution in [0.3, 0.4) is 0 Å². The molecule has 1 aromatic carbocycles. The number of aliphatic hydroxyl groups is 1. The molecule has 0 radical (unpaired) electrons. The number of aliphatic hydroxyl groups excluding tert-OH is 1. The number of aromatic nitrogens is 4. The predicted octanol–water partition coefficient (Wildman–Crippen LogP) is 3.00. The molecule has 4 N–H and O–H groups in total. The Morgan fingerprint density at radius 2 is 1.86 bits per heavy atom. The van der Waals surface area contributed by atoms with E-state index in [0.29, 0.717) is 37.2 Å². The summed E-state index contributed by atoms with van der Waals surface area (Å²) >= 11 is 0. The van der Waals surface area contributed by atoms with E-state index in [2.05, 4.69) is 26.0 Å². The van der Waals surface area contributed by atoms with Gasteiger partial charge in [-0.15, -0.1) is 5.10 Å². The van der Waals surface area contributed by atoms with Gasteiger partial charge in [-0.25, -0.2) is 22.0 Å². The van der Waals surface area contributed by atoms with E-state index in [0.717, 1.165) is 0 Å². The van der Waals surface area contributed by atoms with Gasteiger partial charge < -0.3 is 20.3 Å². The number of carbonyl (C=O) groups is 2. The summed E-state index contributed by atoms with van der Waals surface area (Å²) in [6.45, 7) is 1.86. The molecular formula is C23H21F5N6O3. The number of H-pyrrole nitrogens is 1. The first-order valence-electron chi connectivity index (χ1n) is 11.3. The van der Waals surface area contributed by atoms with Crippen molar-refractivity contribution in [1.29, 1.82) is 0 Å². The van der Waals surface area contributed by atoms with Crippen LogP contribution in [-0.4, -0.2) is 42.8 Å². The van der Waals surface area contributed by atoms with Crippen LogP contribution >= 0.6 is 0 Å². The SMILES string of the molecule is Cc1c(C(=O)Nc2cc(F)c(F)c(F)c2)c2n(c1C(O)C(=O)NC1(c3cnn[nH]3)CC(F)(F)C1)CCC2. The first-order chi connectivity index (χ1) is 17.4. The Morgan fingerprint density at radius 3 is 2.46 bits per heavy atom. The number of carbonyl (C=O) groups excluding carboxylic acids is 2. The highest BCUT2D eigenvalue weighted by atomic mass is 19.3. The molecule has 3 aromatic rings. The van der Waals surface area contributed by atoms with Crippen LogP contribution in [0.25, 0.3) is 0 Å². The van der Waals surface area contributed by atoms with Crippen LogP contribution in [0.5, 0.6) is 0 Å². The number of nitrogens with one attached hydrogen (secondary N) is 3. The molecule has 1 aliphatic heterocycles. The molecule has 0 spiro atoms. The minimum atomic E-state index is -3.03. The van der Waals surface area contributed by atoms with Gasteiger partial charge in [-0.1, -0.05) is 5.21 Å². The monoisotopic (exact) mass is 524 g/mol. The Kier molecular flexibility index (Phi) is 5.81. The van der Waals surface area contributed by atoms with Gasteiger partial charge in [0.2, 0.25) is 0 Å². The first-order valence-corrected chi connectivity index (χ1v) is 11.3. The summed E-state index contributed by atoms with van der Waals surface area (Å²) in [6.07, 6.45) is -1.03. The zero-order chi connectivity index (χ0) is 26.7. The number of hydrogen-bond donors (Lipinski definition) is 4. The van der Waals surface area contributed by atoms with Crippen molar-refractivity contribution in [1.82, 2.24) is 25.3 Å². The van der Waals surface area contributed by atoms with Crippen LogP contribution in [-0.2, 0) is 23.3 Å². The van der Waals surface area contributed by atoms with Crippen LogP contribution in [0.4, 0.5) is 27.6 Å².